The number of aliphatic hydroxyl groups is 1. The van der Waals surface area contributed by atoms with E-state index in [-0.39, 0.29) is 24.7 Å². The first-order valence-corrected chi connectivity index (χ1v) is 6.34. The van der Waals surface area contributed by atoms with Gasteiger partial charge in [0.2, 0.25) is 0 Å². The Bertz CT molecular complexity index is 453. The van der Waals surface area contributed by atoms with E-state index < -0.39 is 0 Å². The molecule has 0 saturated carbocycles. The van der Waals surface area contributed by atoms with Gasteiger partial charge in [-0.05, 0) is 19.1 Å². The maximum absolute atomic E-state index is 12.5. The predicted octanol–water partition coefficient (Wildman–Crippen LogP) is 0.345. The van der Waals surface area contributed by atoms with Gasteiger partial charge in [0, 0.05) is 26.3 Å². The summed E-state index contributed by atoms with van der Waals surface area (Å²) >= 11 is 0. The average Bonchev–Trinajstić information content (AvgIpc) is 2.45. The van der Waals surface area contributed by atoms with E-state index in [1.165, 1.54) is 0 Å². The van der Waals surface area contributed by atoms with Crippen molar-refractivity contribution in [3.8, 4) is 0 Å². The Hall–Kier alpha value is -1.66. The van der Waals surface area contributed by atoms with E-state index in [4.69, 9.17) is 4.74 Å². The van der Waals surface area contributed by atoms with Gasteiger partial charge in [0.1, 0.15) is 5.82 Å². The van der Waals surface area contributed by atoms with E-state index in [1.807, 2.05) is 6.92 Å². The van der Waals surface area contributed by atoms with Crippen LogP contribution in [0.4, 0.5) is 5.82 Å². The molecule has 0 aromatic carbocycles. The minimum Gasteiger partial charge on any atom is -0.394 e. The number of amides is 1. The highest BCUT2D eigenvalue weighted by molar-refractivity contribution is 5.98. The molecule has 1 aliphatic heterocycles. The molecular weight excluding hydrogens is 246 g/mol. The summed E-state index contributed by atoms with van der Waals surface area (Å²) in [4.78, 5) is 18.3. The van der Waals surface area contributed by atoms with Gasteiger partial charge in [-0.25, -0.2) is 4.98 Å². The zero-order valence-electron chi connectivity index (χ0n) is 11.2. The molecule has 1 aromatic rings. The zero-order chi connectivity index (χ0) is 13.8. The largest absolute Gasteiger partial charge is 0.394 e. The average molecular weight is 265 g/mol. The van der Waals surface area contributed by atoms with Crippen LogP contribution in [-0.4, -0.2) is 59.8 Å². The Morgan fingerprint density at radius 1 is 1.63 bits per heavy atom. The number of nitrogens with zero attached hydrogens (tertiary/aromatic N) is 2. The molecular formula is C13H19N3O3. The third-order valence-corrected chi connectivity index (χ3v) is 3.09. The van der Waals surface area contributed by atoms with Crippen LogP contribution in [0.1, 0.15) is 17.3 Å². The van der Waals surface area contributed by atoms with Gasteiger partial charge in [-0.1, -0.05) is 0 Å². The number of carbonyl (C=O) groups excluding carboxylic acids is 1. The lowest BCUT2D eigenvalue weighted by Gasteiger charge is -2.36. The summed E-state index contributed by atoms with van der Waals surface area (Å²) in [6.45, 7) is 2.73. The van der Waals surface area contributed by atoms with E-state index in [9.17, 15) is 9.90 Å². The maximum Gasteiger partial charge on any atom is 0.257 e. The number of nitrogens with one attached hydrogen (secondary N) is 1. The van der Waals surface area contributed by atoms with Crippen LogP contribution in [0.5, 0.6) is 0 Å². The summed E-state index contributed by atoms with van der Waals surface area (Å²) < 4.78 is 5.53. The number of hydrogen-bond acceptors (Lipinski definition) is 5. The summed E-state index contributed by atoms with van der Waals surface area (Å²) in [7, 11) is 1.73. The maximum atomic E-state index is 12.5. The van der Waals surface area contributed by atoms with Gasteiger partial charge in [-0.15, -0.1) is 0 Å². The number of carbonyl (C=O) groups is 1. The molecule has 6 nitrogen and oxygen atoms in total. The highest BCUT2D eigenvalue weighted by Crippen LogP contribution is 2.18. The standard InChI is InChI=1S/C13H19N3O3/c1-9-6-16(7-10(8-17)19-9)13(18)11-4-3-5-15-12(11)14-2/h3-5,9-10,17H,6-8H2,1-2H3,(H,14,15). The monoisotopic (exact) mass is 265 g/mol. The second-order valence-electron chi connectivity index (χ2n) is 4.61. The first-order valence-electron chi connectivity index (χ1n) is 6.34. The molecule has 1 saturated heterocycles. The van der Waals surface area contributed by atoms with Crippen LogP contribution in [0.3, 0.4) is 0 Å². The Kier molecular flexibility index (Phi) is 4.34. The summed E-state index contributed by atoms with van der Waals surface area (Å²) in [6.07, 6.45) is 1.24. The Morgan fingerprint density at radius 2 is 2.42 bits per heavy atom. The van der Waals surface area contributed by atoms with Crippen molar-refractivity contribution in [2.45, 2.75) is 19.1 Å². The van der Waals surface area contributed by atoms with E-state index >= 15 is 0 Å². The Balaban J connectivity index is 2.18. The number of morpholine rings is 1. The van der Waals surface area contributed by atoms with Crippen molar-refractivity contribution in [2.24, 2.45) is 0 Å². The smallest absolute Gasteiger partial charge is 0.257 e. The third-order valence-electron chi connectivity index (χ3n) is 3.09. The SMILES string of the molecule is CNc1ncccc1C(=O)N1CC(C)OC(CO)C1. The van der Waals surface area contributed by atoms with Crippen molar-refractivity contribution in [1.29, 1.82) is 0 Å². The number of aliphatic hydroxyl groups excluding tert-OH is 1. The molecule has 0 aliphatic carbocycles. The first kappa shape index (κ1) is 13.8. The van der Waals surface area contributed by atoms with Crippen LogP contribution in [0.25, 0.3) is 0 Å². The van der Waals surface area contributed by atoms with Gasteiger partial charge in [0.05, 0.1) is 24.4 Å². The summed E-state index contributed by atoms with van der Waals surface area (Å²) in [5.41, 5.74) is 0.538. The van der Waals surface area contributed by atoms with Crippen LogP contribution in [0.15, 0.2) is 18.3 Å². The predicted molar refractivity (Wildman–Crippen MR) is 71.1 cm³/mol. The van der Waals surface area contributed by atoms with Crippen molar-refractivity contribution >= 4 is 11.7 Å². The van der Waals surface area contributed by atoms with Crippen molar-refractivity contribution in [2.75, 3.05) is 32.1 Å². The lowest BCUT2D eigenvalue weighted by atomic mass is 10.1. The molecule has 2 unspecified atom stereocenters. The van der Waals surface area contributed by atoms with E-state index in [0.29, 0.717) is 24.5 Å². The van der Waals surface area contributed by atoms with Crippen molar-refractivity contribution in [3.05, 3.63) is 23.9 Å². The van der Waals surface area contributed by atoms with Crippen LogP contribution in [0.2, 0.25) is 0 Å². The molecule has 0 bridgehead atoms. The zero-order valence-corrected chi connectivity index (χ0v) is 11.2. The molecule has 0 radical (unpaired) electrons. The molecule has 19 heavy (non-hydrogen) atoms. The molecule has 6 heteroatoms. The van der Waals surface area contributed by atoms with Gasteiger partial charge >= 0.3 is 0 Å². The highest BCUT2D eigenvalue weighted by atomic mass is 16.5. The second-order valence-corrected chi connectivity index (χ2v) is 4.61. The van der Waals surface area contributed by atoms with Gasteiger partial charge in [0.25, 0.3) is 5.91 Å². The van der Waals surface area contributed by atoms with Crippen molar-refractivity contribution < 1.29 is 14.6 Å². The fourth-order valence-corrected chi connectivity index (χ4v) is 2.26. The molecule has 0 spiro atoms. The normalized spacial score (nSPS) is 23.2. The second kappa shape index (κ2) is 5.99. The lowest BCUT2D eigenvalue weighted by molar-refractivity contribution is -0.0858. The minimum atomic E-state index is -0.317. The molecule has 2 N–H and O–H groups in total. The Morgan fingerprint density at radius 3 is 3.11 bits per heavy atom. The lowest BCUT2D eigenvalue weighted by Crippen LogP contribution is -2.50. The minimum absolute atomic E-state index is 0.0791. The first-order chi connectivity index (χ1) is 9.15. The summed E-state index contributed by atoms with van der Waals surface area (Å²) in [5, 5.41) is 12.1. The molecule has 2 rings (SSSR count). The van der Waals surface area contributed by atoms with Crippen LogP contribution >= 0.6 is 0 Å². The van der Waals surface area contributed by atoms with Gasteiger partial charge in [0.15, 0.2) is 0 Å². The van der Waals surface area contributed by atoms with E-state index in [0.717, 1.165) is 0 Å². The summed E-state index contributed by atoms with van der Waals surface area (Å²) in [5.74, 6) is 0.471. The molecule has 1 aliphatic rings. The van der Waals surface area contributed by atoms with Crippen molar-refractivity contribution in [3.63, 3.8) is 0 Å². The number of rotatable bonds is 3. The van der Waals surface area contributed by atoms with Gasteiger partial charge in [-0.3, -0.25) is 4.79 Å². The molecule has 1 fully saturated rings. The highest BCUT2D eigenvalue weighted by Gasteiger charge is 2.29. The number of hydrogen-bond donors (Lipinski definition) is 2. The van der Waals surface area contributed by atoms with Crippen LogP contribution < -0.4 is 5.32 Å². The molecule has 2 heterocycles. The van der Waals surface area contributed by atoms with Crippen LogP contribution in [-0.2, 0) is 4.74 Å². The fraction of sp³-hybridized carbons (Fsp3) is 0.538. The third kappa shape index (κ3) is 3.02. The van der Waals surface area contributed by atoms with Gasteiger partial charge in [-0.2, -0.15) is 0 Å². The number of aromatic nitrogens is 1. The number of anilines is 1. The van der Waals surface area contributed by atoms with E-state index in [1.54, 1.807) is 30.3 Å². The fourth-order valence-electron chi connectivity index (χ4n) is 2.26. The van der Waals surface area contributed by atoms with Gasteiger partial charge < -0.3 is 20.1 Å². The molecule has 1 aromatic heterocycles. The molecule has 2 atom stereocenters. The Labute approximate surface area is 112 Å². The van der Waals surface area contributed by atoms with E-state index in [2.05, 4.69) is 10.3 Å². The van der Waals surface area contributed by atoms with Crippen molar-refractivity contribution in [1.82, 2.24) is 9.88 Å². The summed E-state index contributed by atoms with van der Waals surface area (Å²) in [6, 6.07) is 3.48. The van der Waals surface area contributed by atoms with Crippen LogP contribution in [0, 0.1) is 0 Å². The molecule has 1 amide bonds. The number of pyridine rings is 1. The number of ether oxygens (including phenoxy) is 1. The quantitative estimate of drug-likeness (QED) is 0.824. The topological polar surface area (TPSA) is 74.7 Å². The molecule has 104 valence electrons.